The van der Waals surface area contributed by atoms with E-state index in [2.05, 4.69) is 28.2 Å². The first-order valence-electron chi connectivity index (χ1n) is 7.49. The molecule has 4 heteroatoms. The smallest absolute Gasteiger partial charge is 0.338 e. The number of quaternary nitrogens is 1. The molecule has 0 radical (unpaired) electrons. The minimum atomic E-state index is -0.263. The number of hydrogen-bond donors (Lipinski definition) is 0. The summed E-state index contributed by atoms with van der Waals surface area (Å²) < 4.78 is 11.4. The van der Waals surface area contributed by atoms with Crippen molar-refractivity contribution in [2.45, 2.75) is 26.4 Å². The Morgan fingerprint density at radius 3 is 2.10 bits per heavy atom. The lowest BCUT2D eigenvalue weighted by molar-refractivity contribution is -0.849. The van der Waals surface area contributed by atoms with Crippen LogP contribution in [-0.2, 0) is 9.47 Å². The van der Waals surface area contributed by atoms with Crippen molar-refractivity contribution in [3.63, 3.8) is 0 Å². The molecule has 1 saturated heterocycles. The normalized spacial score (nSPS) is 17.0. The average Bonchev–Trinajstić information content (AvgIpc) is 2.93. The zero-order valence-corrected chi connectivity index (χ0v) is 14.3. The molecule has 0 amide bonds. The van der Waals surface area contributed by atoms with Crippen LogP contribution in [0.2, 0.25) is 0 Å². The molecule has 0 aliphatic carbocycles. The lowest BCUT2D eigenvalue weighted by Gasteiger charge is -2.14. The van der Waals surface area contributed by atoms with Crippen LogP contribution < -0.4 is 0 Å². The zero-order chi connectivity index (χ0) is 16.3. The van der Waals surface area contributed by atoms with Crippen molar-refractivity contribution in [3.05, 3.63) is 35.9 Å². The largest absolute Gasteiger partial charge is 0.456 e. The lowest BCUT2D eigenvalue weighted by Crippen LogP contribution is -2.27. The maximum absolute atomic E-state index is 11.5. The third kappa shape index (κ3) is 11.0. The molecule has 0 N–H and O–H groups in total. The monoisotopic (exact) mass is 296 g/mol. The van der Waals surface area contributed by atoms with Gasteiger partial charge in [0.15, 0.2) is 0 Å². The molecule has 1 aliphatic rings. The summed E-state index contributed by atoms with van der Waals surface area (Å²) in [6.45, 7) is 5.21. The SMILES string of the molecule is CC.C[N+](C)(C)C.O=C(OC1CCOC1)c1ccccc1. The fourth-order valence-corrected chi connectivity index (χ4v) is 1.40. The van der Waals surface area contributed by atoms with Crippen molar-refractivity contribution in [1.82, 2.24) is 0 Å². The predicted octanol–water partition coefficient (Wildman–Crippen LogP) is 2.98. The second-order valence-corrected chi connectivity index (χ2v) is 5.94. The summed E-state index contributed by atoms with van der Waals surface area (Å²) in [7, 11) is 8.50. The van der Waals surface area contributed by atoms with Gasteiger partial charge in [0.25, 0.3) is 0 Å². The van der Waals surface area contributed by atoms with E-state index < -0.39 is 0 Å². The second kappa shape index (κ2) is 10.4. The molecule has 0 spiro atoms. The zero-order valence-electron chi connectivity index (χ0n) is 14.3. The Kier molecular flexibility index (Phi) is 9.67. The highest BCUT2D eigenvalue weighted by atomic mass is 16.6. The first-order chi connectivity index (χ1) is 9.86. The van der Waals surface area contributed by atoms with Gasteiger partial charge in [0.2, 0.25) is 0 Å². The number of ether oxygens (including phenoxy) is 2. The van der Waals surface area contributed by atoms with Crippen molar-refractivity contribution >= 4 is 5.97 Å². The van der Waals surface area contributed by atoms with E-state index in [0.29, 0.717) is 18.8 Å². The first-order valence-corrected chi connectivity index (χ1v) is 7.49. The van der Waals surface area contributed by atoms with E-state index in [4.69, 9.17) is 9.47 Å². The third-order valence-electron chi connectivity index (χ3n) is 2.17. The molecule has 1 fully saturated rings. The summed E-state index contributed by atoms with van der Waals surface area (Å²) in [5.74, 6) is -0.263. The highest BCUT2D eigenvalue weighted by molar-refractivity contribution is 5.89. The Hall–Kier alpha value is -1.39. The molecule has 1 unspecified atom stereocenters. The number of hydrogen-bond acceptors (Lipinski definition) is 3. The molecule has 0 saturated carbocycles. The third-order valence-corrected chi connectivity index (χ3v) is 2.17. The molecular formula is C17H30NO3+. The summed E-state index contributed by atoms with van der Waals surface area (Å²) >= 11 is 0. The predicted molar refractivity (Wildman–Crippen MR) is 86.4 cm³/mol. The molecule has 1 aliphatic heterocycles. The summed E-state index contributed by atoms with van der Waals surface area (Å²) in [6.07, 6.45) is 0.737. The molecule has 2 rings (SSSR count). The minimum Gasteiger partial charge on any atom is -0.456 e. The van der Waals surface area contributed by atoms with Crippen LogP contribution in [0.5, 0.6) is 0 Å². The van der Waals surface area contributed by atoms with Gasteiger partial charge in [-0.3, -0.25) is 0 Å². The van der Waals surface area contributed by atoms with Crippen molar-refractivity contribution in [1.29, 1.82) is 0 Å². The summed E-state index contributed by atoms with van der Waals surface area (Å²) in [6, 6.07) is 9.01. The van der Waals surface area contributed by atoms with Gasteiger partial charge < -0.3 is 14.0 Å². The maximum atomic E-state index is 11.5. The highest BCUT2D eigenvalue weighted by Gasteiger charge is 2.20. The molecule has 1 aromatic rings. The highest BCUT2D eigenvalue weighted by Crippen LogP contribution is 2.11. The van der Waals surface area contributed by atoms with Crippen LogP contribution in [0, 0.1) is 0 Å². The number of carbonyl (C=O) groups excluding carboxylic acids is 1. The van der Waals surface area contributed by atoms with E-state index in [9.17, 15) is 4.79 Å². The van der Waals surface area contributed by atoms with Gasteiger partial charge in [0, 0.05) is 6.42 Å². The summed E-state index contributed by atoms with van der Waals surface area (Å²) in [4.78, 5) is 11.5. The van der Waals surface area contributed by atoms with Gasteiger partial charge >= 0.3 is 5.97 Å². The van der Waals surface area contributed by atoms with Crippen LogP contribution in [0.15, 0.2) is 30.3 Å². The van der Waals surface area contributed by atoms with E-state index in [1.54, 1.807) is 12.1 Å². The Morgan fingerprint density at radius 1 is 1.14 bits per heavy atom. The van der Waals surface area contributed by atoms with Gasteiger partial charge in [0.05, 0.1) is 47.0 Å². The molecule has 0 bridgehead atoms. The number of carbonyl (C=O) groups is 1. The Bertz CT molecular complexity index is 373. The van der Waals surface area contributed by atoms with E-state index in [1.165, 1.54) is 0 Å². The molecule has 4 nitrogen and oxygen atoms in total. The maximum Gasteiger partial charge on any atom is 0.338 e. The average molecular weight is 296 g/mol. The first kappa shape index (κ1) is 19.6. The number of rotatable bonds is 2. The Morgan fingerprint density at radius 2 is 1.67 bits per heavy atom. The van der Waals surface area contributed by atoms with Crippen LogP contribution in [0.3, 0.4) is 0 Å². The standard InChI is InChI=1S/C11H12O3.C4H12N.C2H6/c12-11(9-4-2-1-3-5-9)14-10-6-7-13-8-10;1-5(2,3)4;1-2/h1-5,10H,6-8H2;1-4H3;1-2H3/q;+1;. The fourth-order valence-electron chi connectivity index (χ4n) is 1.40. The molecule has 21 heavy (non-hydrogen) atoms. The lowest BCUT2D eigenvalue weighted by atomic mass is 10.2. The van der Waals surface area contributed by atoms with E-state index in [-0.39, 0.29) is 12.1 Å². The molecule has 0 aromatic heterocycles. The molecule has 1 atom stereocenters. The van der Waals surface area contributed by atoms with E-state index in [1.807, 2.05) is 32.0 Å². The van der Waals surface area contributed by atoms with Crippen LogP contribution >= 0.6 is 0 Å². The van der Waals surface area contributed by atoms with Crippen LogP contribution in [0.1, 0.15) is 30.6 Å². The topological polar surface area (TPSA) is 35.5 Å². The van der Waals surface area contributed by atoms with Gasteiger partial charge in [-0.25, -0.2) is 4.79 Å². The van der Waals surface area contributed by atoms with Gasteiger partial charge in [-0.2, -0.15) is 0 Å². The van der Waals surface area contributed by atoms with Gasteiger partial charge in [-0.1, -0.05) is 32.0 Å². The van der Waals surface area contributed by atoms with Crippen molar-refractivity contribution < 1.29 is 18.8 Å². The molecule has 120 valence electrons. The van der Waals surface area contributed by atoms with Gasteiger partial charge in [-0.15, -0.1) is 0 Å². The van der Waals surface area contributed by atoms with Crippen LogP contribution in [-0.4, -0.2) is 58.0 Å². The van der Waals surface area contributed by atoms with Crippen molar-refractivity contribution in [3.8, 4) is 0 Å². The summed E-state index contributed by atoms with van der Waals surface area (Å²) in [5, 5.41) is 0. The molecule has 1 aromatic carbocycles. The molecule has 1 heterocycles. The van der Waals surface area contributed by atoms with E-state index >= 15 is 0 Å². The number of esters is 1. The second-order valence-electron chi connectivity index (χ2n) is 5.94. The summed E-state index contributed by atoms with van der Waals surface area (Å²) in [5.41, 5.74) is 0.597. The van der Waals surface area contributed by atoms with Crippen molar-refractivity contribution in [2.75, 3.05) is 41.4 Å². The number of benzene rings is 1. The minimum absolute atomic E-state index is 0.0669. The number of nitrogens with zero attached hydrogens (tertiary/aromatic N) is 1. The Labute approximate surface area is 129 Å². The van der Waals surface area contributed by atoms with Gasteiger partial charge in [-0.05, 0) is 12.1 Å². The van der Waals surface area contributed by atoms with Crippen LogP contribution in [0.25, 0.3) is 0 Å². The van der Waals surface area contributed by atoms with Gasteiger partial charge in [0.1, 0.15) is 6.10 Å². The molecular weight excluding hydrogens is 266 g/mol. The van der Waals surface area contributed by atoms with E-state index in [0.717, 1.165) is 10.9 Å². The quantitative estimate of drug-likeness (QED) is 0.622. The fraction of sp³-hybridized carbons (Fsp3) is 0.588. The Balaban J connectivity index is 0.000000489. The van der Waals surface area contributed by atoms with Crippen LogP contribution in [0.4, 0.5) is 0 Å². The van der Waals surface area contributed by atoms with Crippen molar-refractivity contribution in [2.24, 2.45) is 0 Å².